The minimum absolute atomic E-state index is 0.127. The van der Waals surface area contributed by atoms with Gasteiger partial charge in [-0.25, -0.2) is 4.98 Å². The van der Waals surface area contributed by atoms with Crippen LogP contribution in [0.4, 0.5) is 5.69 Å². The number of pyridine rings is 1. The maximum atomic E-state index is 10.2. The maximum Gasteiger partial charge on any atom is 0.169 e. The smallest absolute Gasteiger partial charge is 0.169 e. The molecule has 0 radical (unpaired) electrons. The van der Waals surface area contributed by atoms with Crippen LogP contribution in [0.1, 0.15) is 16.1 Å². The summed E-state index contributed by atoms with van der Waals surface area (Å²) in [5.41, 5.74) is 6.04. The fourth-order valence-corrected chi connectivity index (χ4v) is 0.675. The number of nitrogen functional groups attached to an aromatic ring is 1. The molecule has 0 aliphatic carbocycles. The Kier molecular flexibility index (Phi) is 1.83. The van der Waals surface area contributed by atoms with Gasteiger partial charge < -0.3 is 5.73 Å². The number of aldehydes is 1. The number of hydrogen-bond donors (Lipinski definition) is 1. The average molecular weight is 147 g/mol. The quantitative estimate of drug-likeness (QED) is 0.581. The van der Waals surface area contributed by atoms with Gasteiger partial charge >= 0.3 is 0 Å². The first-order valence-electron chi connectivity index (χ1n) is 2.88. The molecule has 0 aliphatic heterocycles. The van der Waals surface area contributed by atoms with Crippen molar-refractivity contribution in [2.75, 3.05) is 5.73 Å². The number of nitrogens with zero attached hydrogens (tertiary/aromatic N) is 2. The van der Waals surface area contributed by atoms with E-state index in [-0.39, 0.29) is 11.3 Å². The van der Waals surface area contributed by atoms with Crippen LogP contribution in [0.15, 0.2) is 12.3 Å². The van der Waals surface area contributed by atoms with Crippen molar-refractivity contribution in [1.29, 1.82) is 5.26 Å². The normalized spacial score (nSPS) is 8.64. The number of carbonyl (C=O) groups excluding carboxylic acids is 1. The Labute approximate surface area is 63.3 Å². The molecule has 0 bridgehead atoms. The fraction of sp³-hybridized carbons (Fsp3) is 0. The highest BCUT2D eigenvalue weighted by Crippen LogP contribution is 2.06. The topological polar surface area (TPSA) is 79.8 Å². The third-order valence-corrected chi connectivity index (χ3v) is 1.17. The second-order valence-corrected chi connectivity index (χ2v) is 1.93. The Morgan fingerprint density at radius 2 is 2.45 bits per heavy atom. The first-order chi connectivity index (χ1) is 5.27. The molecule has 0 saturated heterocycles. The first kappa shape index (κ1) is 7.22. The largest absolute Gasteiger partial charge is 0.397 e. The minimum atomic E-state index is 0.127. The molecule has 2 N–H and O–H groups in total. The van der Waals surface area contributed by atoms with Crippen molar-refractivity contribution in [3.63, 3.8) is 0 Å². The van der Waals surface area contributed by atoms with Crippen LogP contribution in [0.25, 0.3) is 0 Å². The minimum Gasteiger partial charge on any atom is -0.397 e. The molecular formula is C7H5N3O. The zero-order valence-electron chi connectivity index (χ0n) is 5.61. The van der Waals surface area contributed by atoms with Crippen LogP contribution in [-0.4, -0.2) is 11.3 Å². The number of nitriles is 1. The van der Waals surface area contributed by atoms with E-state index < -0.39 is 0 Å². The molecule has 0 spiro atoms. The lowest BCUT2D eigenvalue weighted by Gasteiger charge is -1.94. The molecule has 11 heavy (non-hydrogen) atoms. The van der Waals surface area contributed by atoms with Gasteiger partial charge in [0.1, 0.15) is 11.8 Å². The summed E-state index contributed by atoms with van der Waals surface area (Å²) in [6.07, 6.45) is 1.86. The summed E-state index contributed by atoms with van der Waals surface area (Å²) >= 11 is 0. The van der Waals surface area contributed by atoms with Crippen molar-refractivity contribution in [2.24, 2.45) is 0 Å². The number of aromatic nitrogens is 1. The lowest BCUT2D eigenvalue weighted by molar-refractivity contribution is 0.111. The highest BCUT2D eigenvalue weighted by atomic mass is 16.1. The Morgan fingerprint density at radius 3 is 3.00 bits per heavy atom. The maximum absolute atomic E-state index is 10.2. The van der Waals surface area contributed by atoms with E-state index in [0.29, 0.717) is 12.0 Å². The Morgan fingerprint density at radius 1 is 1.73 bits per heavy atom. The van der Waals surface area contributed by atoms with Crippen LogP contribution in [0.3, 0.4) is 0 Å². The zero-order chi connectivity index (χ0) is 8.27. The van der Waals surface area contributed by atoms with E-state index in [1.807, 2.05) is 6.07 Å². The summed E-state index contributed by atoms with van der Waals surface area (Å²) in [5.74, 6) is 0. The van der Waals surface area contributed by atoms with Crippen LogP contribution in [0.5, 0.6) is 0 Å². The summed E-state index contributed by atoms with van der Waals surface area (Å²) < 4.78 is 0. The van der Waals surface area contributed by atoms with Gasteiger partial charge in [0.15, 0.2) is 6.29 Å². The molecule has 1 heterocycles. The van der Waals surface area contributed by atoms with Gasteiger partial charge in [-0.2, -0.15) is 5.26 Å². The second kappa shape index (κ2) is 2.80. The second-order valence-electron chi connectivity index (χ2n) is 1.93. The first-order valence-corrected chi connectivity index (χ1v) is 2.88. The molecule has 54 valence electrons. The van der Waals surface area contributed by atoms with Crippen LogP contribution in [0, 0.1) is 11.3 Å². The Bertz CT molecular complexity index is 327. The van der Waals surface area contributed by atoms with E-state index in [1.165, 1.54) is 12.3 Å². The molecule has 0 aliphatic rings. The monoisotopic (exact) mass is 147 g/mol. The molecular weight excluding hydrogens is 142 g/mol. The molecule has 1 rings (SSSR count). The molecule has 0 fully saturated rings. The molecule has 0 aromatic carbocycles. The third kappa shape index (κ3) is 1.33. The van der Waals surface area contributed by atoms with E-state index >= 15 is 0 Å². The number of carbonyl (C=O) groups is 1. The fourth-order valence-electron chi connectivity index (χ4n) is 0.675. The van der Waals surface area contributed by atoms with Gasteiger partial charge in [0.2, 0.25) is 0 Å². The molecule has 0 atom stereocenters. The standard InChI is InChI=1S/C7H5N3O/c8-2-5-1-6(9)3-10-7(5)4-11/h1,3-4H,9H2. The lowest BCUT2D eigenvalue weighted by atomic mass is 10.2. The van der Waals surface area contributed by atoms with Crippen LogP contribution >= 0.6 is 0 Å². The molecule has 0 amide bonds. The van der Waals surface area contributed by atoms with Crippen molar-refractivity contribution in [1.82, 2.24) is 4.98 Å². The van der Waals surface area contributed by atoms with Gasteiger partial charge in [-0.15, -0.1) is 0 Å². The van der Waals surface area contributed by atoms with Crippen molar-refractivity contribution in [3.8, 4) is 6.07 Å². The highest BCUT2D eigenvalue weighted by Gasteiger charge is 2.00. The van der Waals surface area contributed by atoms with Crippen LogP contribution in [-0.2, 0) is 0 Å². The SMILES string of the molecule is N#Cc1cc(N)cnc1C=O. The van der Waals surface area contributed by atoms with Gasteiger partial charge in [0, 0.05) is 0 Å². The van der Waals surface area contributed by atoms with Gasteiger partial charge in [-0.05, 0) is 6.07 Å². The molecule has 4 nitrogen and oxygen atoms in total. The number of hydrogen-bond acceptors (Lipinski definition) is 4. The molecule has 0 saturated carbocycles. The van der Waals surface area contributed by atoms with Crippen molar-refractivity contribution < 1.29 is 4.79 Å². The van der Waals surface area contributed by atoms with E-state index in [2.05, 4.69) is 4.98 Å². The highest BCUT2D eigenvalue weighted by molar-refractivity contribution is 5.76. The number of nitrogens with two attached hydrogens (primary N) is 1. The average Bonchev–Trinajstić information content (AvgIpc) is 2.04. The molecule has 1 aromatic rings. The van der Waals surface area contributed by atoms with E-state index in [1.54, 1.807) is 0 Å². The lowest BCUT2D eigenvalue weighted by Crippen LogP contribution is -1.95. The summed E-state index contributed by atoms with van der Waals surface area (Å²) in [7, 11) is 0. The summed E-state index contributed by atoms with van der Waals surface area (Å²) in [5, 5.41) is 8.47. The molecule has 0 unspecified atom stereocenters. The van der Waals surface area contributed by atoms with Crippen LogP contribution in [0.2, 0.25) is 0 Å². The van der Waals surface area contributed by atoms with E-state index in [4.69, 9.17) is 11.0 Å². The number of rotatable bonds is 1. The van der Waals surface area contributed by atoms with Gasteiger partial charge in [-0.3, -0.25) is 4.79 Å². The van der Waals surface area contributed by atoms with Crippen molar-refractivity contribution in [3.05, 3.63) is 23.5 Å². The summed E-state index contributed by atoms with van der Waals surface area (Å²) in [6.45, 7) is 0. The summed E-state index contributed by atoms with van der Waals surface area (Å²) in [6, 6.07) is 3.23. The van der Waals surface area contributed by atoms with Gasteiger partial charge in [0.25, 0.3) is 0 Å². The third-order valence-electron chi connectivity index (χ3n) is 1.17. The Balaban J connectivity index is 3.30. The zero-order valence-corrected chi connectivity index (χ0v) is 5.61. The predicted molar refractivity (Wildman–Crippen MR) is 38.8 cm³/mol. The Hall–Kier alpha value is -1.89. The summed E-state index contributed by atoms with van der Waals surface area (Å²) in [4.78, 5) is 13.9. The van der Waals surface area contributed by atoms with E-state index in [0.717, 1.165) is 0 Å². The molecule has 4 heteroatoms. The van der Waals surface area contributed by atoms with E-state index in [9.17, 15) is 4.79 Å². The van der Waals surface area contributed by atoms with Crippen molar-refractivity contribution >= 4 is 12.0 Å². The van der Waals surface area contributed by atoms with Gasteiger partial charge in [0.05, 0.1) is 17.4 Å². The van der Waals surface area contributed by atoms with Gasteiger partial charge in [-0.1, -0.05) is 0 Å². The molecule has 1 aromatic heterocycles. The van der Waals surface area contributed by atoms with Crippen molar-refractivity contribution in [2.45, 2.75) is 0 Å². The van der Waals surface area contributed by atoms with Crippen LogP contribution < -0.4 is 5.73 Å². The predicted octanol–water partition coefficient (Wildman–Crippen LogP) is 0.348. The number of anilines is 1.